The third kappa shape index (κ3) is 3.57. The number of nitrogens with zero attached hydrogens (tertiary/aromatic N) is 2. The number of nitro benzene ring substituents is 2. The fraction of sp³-hybridized carbons (Fsp3) is 0. The summed E-state index contributed by atoms with van der Waals surface area (Å²) in [5, 5.41) is 21.4. The van der Waals surface area contributed by atoms with Gasteiger partial charge in [0.1, 0.15) is 0 Å². The summed E-state index contributed by atoms with van der Waals surface area (Å²) in [5.74, 6) is 0. The zero-order valence-corrected chi connectivity index (χ0v) is 15.4. The van der Waals surface area contributed by atoms with Gasteiger partial charge in [0, 0.05) is 0 Å². The third-order valence-corrected chi connectivity index (χ3v) is 9.24. The molecular weight excluding hydrogens is 437 g/mol. The minimum absolute atomic E-state index is 0.0722. The molecule has 0 fully saturated rings. The fourth-order valence-electron chi connectivity index (χ4n) is 1.80. The first-order chi connectivity index (χ1) is 9.06. The van der Waals surface area contributed by atoms with Crippen molar-refractivity contribution in [1.82, 2.24) is 0 Å². The van der Waals surface area contributed by atoms with E-state index in [9.17, 15) is 20.2 Å². The maximum absolute atomic E-state index is 10.7. The average Bonchev–Trinajstić information content (AvgIpc) is 2.39. The quantitative estimate of drug-likeness (QED) is 0.406. The Morgan fingerprint density at radius 3 is 1.58 bits per heavy atom. The van der Waals surface area contributed by atoms with Crippen LogP contribution in [-0.2, 0) is 24.6 Å². The molecule has 19 heavy (non-hydrogen) atoms. The molecule has 0 aliphatic carbocycles. The van der Waals surface area contributed by atoms with Gasteiger partial charge in [0.2, 0.25) is 0 Å². The Kier molecular flexibility index (Phi) is 4.21. The molecule has 2 aromatic carbocycles. The van der Waals surface area contributed by atoms with Crippen LogP contribution in [0.5, 0.6) is 0 Å². The second-order valence-electron chi connectivity index (χ2n) is 4.03. The first kappa shape index (κ1) is 13.6. The van der Waals surface area contributed by atoms with Crippen LogP contribution in [0.4, 0.5) is 11.4 Å². The standard InChI is InChI=1S/2C6H4NO2.Hg/c2*8-7(9)6-4-2-1-3-5-6;/h2*1-2,4-5H;. The summed E-state index contributed by atoms with van der Waals surface area (Å²) in [6.45, 7) is 0. The van der Waals surface area contributed by atoms with Crippen LogP contribution in [0.25, 0.3) is 0 Å². The van der Waals surface area contributed by atoms with Crippen molar-refractivity contribution >= 4 is 17.5 Å². The molecular formula is C12H8HgN2O4. The molecule has 0 saturated carbocycles. The SMILES string of the molecule is O=[N+]([O-])c1ccc[c]([Hg][c]2cccc([N+](=O)[O-])c2)c1. The summed E-state index contributed by atoms with van der Waals surface area (Å²) in [7, 11) is 0. The molecule has 0 aliphatic rings. The molecule has 0 aliphatic heterocycles. The normalized spacial score (nSPS) is 9.68. The number of non-ortho nitro benzene ring substituents is 2. The molecule has 0 radical (unpaired) electrons. The van der Waals surface area contributed by atoms with Gasteiger partial charge < -0.3 is 0 Å². The first-order valence-electron chi connectivity index (χ1n) is 5.53. The van der Waals surface area contributed by atoms with E-state index in [-0.39, 0.29) is 11.4 Å². The van der Waals surface area contributed by atoms with E-state index in [1.165, 1.54) is 12.1 Å². The van der Waals surface area contributed by atoms with E-state index in [0.717, 1.165) is 6.14 Å². The van der Waals surface area contributed by atoms with Gasteiger partial charge in [0.05, 0.1) is 0 Å². The van der Waals surface area contributed by atoms with Gasteiger partial charge in [-0.1, -0.05) is 0 Å². The second-order valence-corrected chi connectivity index (χ2v) is 11.8. The Hall–Kier alpha value is -1.82. The minimum atomic E-state index is -1.77. The van der Waals surface area contributed by atoms with E-state index in [4.69, 9.17) is 0 Å². The van der Waals surface area contributed by atoms with E-state index in [0.29, 0.717) is 0 Å². The predicted molar refractivity (Wildman–Crippen MR) is 65.5 cm³/mol. The predicted octanol–water partition coefficient (Wildman–Crippen LogP) is 1.54. The van der Waals surface area contributed by atoms with E-state index < -0.39 is 34.4 Å². The third-order valence-electron chi connectivity index (χ3n) is 2.65. The van der Waals surface area contributed by atoms with Gasteiger partial charge in [0.15, 0.2) is 0 Å². The molecule has 0 unspecified atom stereocenters. The Labute approximate surface area is 120 Å². The molecule has 92 valence electrons. The Balaban J connectivity index is 2.26. The van der Waals surface area contributed by atoms with Crippen LogP contribution in [-0.4, -0.2) is 9.85 Å². The van der Waals surface area contributed by atoms with E-state index >= 15 is 0 Å². The topological polar surface area (TPSA) is 86.3 Å². The summed E-state index contributed by atoms with van der Waals surface area (Å²) in [4.78, 5) is 20.5. The number of benzene rings is 2. The molecule has 0 atom stereocenters. The molecule has 0 saturated heterocycles. The molecule has 0 bridgehead atoms. The van der Waals surface area contributed by atoms with E-state index in [1.807, 2.05) is 12.1 Å². The zero-order valence-electron chi connectivity index (χ0n) is 9.85. The number of hydrogen-bond donors (Lipinski definition) is 0. The number of rotatable bonds is 4. The van der Waals surface area contributed by atoms with Gasteiger partial charge in [-0.05, 0) is 0 Å². The van der Waals surface area contributed by atoms with Crippen molar-refractivity contribution < 1.29 is 34.4 Å². The monoisotopic (exact) mass is 446 g/mol. The van der Waals surface area contributed by atoms with Gasteiger partial charge in [-0.3, -0.25) is 0 Å². The van der Waals surface area contributed by atoms with Gasteiger partial charge in [-0.15, -0.1) is 0 Å². The molecule has 2 aromatic rings. The Bertz CT molecular complexity index is 590. The summed E-state index contributed by atoms with van der Waals surface area (Å²) < 4.78 is 1.93. The van der Waals surface area contributed by atoms with Crippen LogP contribution < -0.4 is 6.14 Å². The van der Waals surface area contributed by atoms with Crippen LogP contribution in [0.3, 0.4) is 0 Å². The van der Waals surface area contributed by atoms with Crippen molar-refractivity contribution in [3.8, 4) is 0 Å². The van der Waals surface area contributed by atoms with Crippen molar-refractivity contribution in [2.75, 3.05) is 0 Å². The first-order valence-corrected chi connectivity index (χ1v) is 11.0. The van der Waals surface area contributed by atoms with Crippen LogP contribution >= 0.6 is 0 Å². The number of hydrogen-bond acceptors (Lipinski definition) is 4. The molecule has 0 spiro atoms. The molecule has 0 heterocycles. The molecule has 6 nitrogen and oxygen atoms in total. The Morgan fingerprint density at radius 2 is 1.21 bits per heavy atom. The van der Waals surface area contributed by atoms with Crippen molar-refractivity contribution in [3.05, 3.63) is 68.8 Å². The van der Waals surface area contributed by atoms with Crippen LogP contribution in [0, 0.1) is 20.2 Å². The molecule has 7 heteroatoms. The summed E-state index contributed by atoms with van der Waals surface area (Å²) in [6, 6.07) is 13.1. The zero-order chi connectivity index (χ0) is 13.8. The number of nitro groups is 2. The molecule has 0 aromatic heterocycles. The molecule has 0 N–H and O–H groups in total. The van der Waals surface area contributed by atoms with Crippen LogP contribution in [0.1, 0.15) is 0 Å². The average molecular weight is 445 g/mol. The molecule has 0 amide bonds. The molecule has 2 rings (SSSR count). The van der Waals surface area contributed by atoms with Gasteiger partial charge in [-0.2, -0.15) is 0 Å². The van der Waals surface area contributed by atoms with E-state index in [1.54, 1.807) is 24.3 Å². The van der Waals surface area contributed by atoms with Gasteiger partial charge in [-0.25, -0.2) is 0 Å². The summed E-state index contributed by atoms with van der Waals surface area (Å²) in [5.41, 5.74) is 0.144. The van der Waals surface area contributed by atoms with Crippen molar-refractivity contribution in [3.63, 3.8) is 0 Å². The van der Waals surface area contributed by atoms with Gasteiger partial charge in [0.25, 0.3) is 0 Å². The summed E-state index contributed by atoms with van der Waals surface area (Å²) >= 11 is -1.77. The van der Waals surface area contributed by atoms with Crippen molar-refractivity contribution in [2.45, 2.75) is 0 Å². The van der Waals surface area contributed by atoms with Crippen LogP contribution in [0.15, 0.2) is 48.5 Å². The maximum atomic E-state index is 10.7. The van der Waals surface area contributed by atoms with E-state index in [2.05, 4.69) is 0 Å². The fourth-order valence-corrected chi connectivity index (χ4v) is 8.02. The van der Waals surface area contributed by atoms with Crippen molar-refractivity contribution in [1.29, 1.82) is 0 Å². The second kappa shape index (κ2) is 5.88. The Morgan fingerprint density at radius 1 is 0.789 bits per heavy atom. The summed E-state index contributed by atoms with van der Waals surface area (Å²) in [6.07, 6.45) is 0. The van der Waals surface area contributed by atoms with Gasteiger partial charge >= 0.3 is 121 Å². The van der Waals surface area contributed by atoms with Crippen LogP contribution in [0.2, 0.25) is 0 Å². The van der Waals surface area contributed by atoms with Crippen molar-refractivity contribution in [2.24, 2.45) is 0 Å².